The first-order valence-corrected chi connectivity index (χ1v) is 5.70. The summed E-state index contributed by atoms with van der Waals surface area (Å²) in [6.45, 7) is 2.66. The first kappa shape index (κ1) is 11.1. The monoisotopic (exact) mass is 218 g/mol. The molecule has 1 aromatic rings. The number of amides is 1. The first-order valence-electron chi connectivity index (χ1n) is 5.70. The molecule has 0 aliphatic carbocycles. The van der Waals surface area contributed by atoms with Gasteiger partial charge in [-0.05, 0) is 38.7 Å². The topological polar surface area (TPSA) is 23.6 Å². The van der Waals surface area contributed by atoms with Gasteiger partial charge in [0.15, 0.2) is 0 Å². The molecule has 1 aliphatic rings. The van der Waals surface area contributed by atoms with Crippen LogP contribution in [0.1, 0.15) is 22.3 Å². The Kier molecular flexibility index (Phi) is 3.25. The predicted octanol–water partition coefficient (Wildman–Crippen LogP) is 1.59. The van der Waals surface area contributed by atoms with Crippen molar-refractivity contribution in [2.75, 3.05) is 27.2 Å². The molecule has 3 nitrogen and oxygen atoms in total. The van der Waals surface area contributed by atoms with E-state index in [4.69, 9.17) is 0 Å². The van der Waals surface area contributed by atoms with Crippen molar-refractivity contribution in [1.82, 2.24) is 9.80 Å². The Balaban J connectivity index is 1.94. The van der Waals surface area contributed by atoms with E-state index in [1.807, 2.05) is 29.2 Å². The summed E-state index contributed by atoms with van der Waals surface area (Å²) in [6.07, 6.45) is 1.03. The van der Waals surface area contributed by atoms with Crippen molar-refractivity contribution in [3.8, 4) is 0 Å². The summed E-state index contributed by atoms with van der Waals surface area (Å²) in [5.41, 5.74) is 2.05. The molecule has 0 spiro atoms. The molecule has 1 heterocycles. The molecule has 0 N–H and O–H groups in total. The maximum absolute atomic E-state index is 12.0. The van der Waals surface area contributed by atoms with Gasteiger partial charge < -0.3 is 9.80 Å². The van der Waals surface area contributed by atoms with Crippen molar-refractivity contribution >= 4 is 5.91 Å². The van der Waals surface area contributed by atoms with Gasteiger partial charge in [-0.1, -0.05) is 18.2 Å². The van der Waals surface area contributed by atoms with Crippen molar-refractivity contribution in [2.24, 2.45) is 0 Å². The molecule has 0 unspecified atom stereocenters. The van der Waals surface area contributed by atoms with Crippen LogP contribution in [0.2, 0.25) is 0 Å². The first-order chi connectivity index (χ1) is 7.68. The minimum absolute atomic E-state index is 0.189. The molecule has 0 aromatic heterocycles. The van der Waals surface area contributed by atoms with E-state index in [2.05, 4.69) is 19.0 Å². The van der Waals surface area contributed by atoms with Gasteiger partial charge in [0.1, 0.15) is 0 Å². The SMILES string of the molecule is CN(C)CCCN1Cc2ccccc2C1=O. The molecule has 1 amide bonds. The fourth-order valence-electron chi connectivity index (χ4n) is 2.07. The standard InChI is InChI=1S/C13H18N2O/c1-14(2)8-5-9-15-10-11-6-3-4-7-12(11)13(15)16/h3-4,6-7H,5,8-10H2,1-2H3. The highest BCUT2D eigenvalue weighted by Gasteiger charge is 2.25. The Labute approximate surface area is 96.7 Å². The van der Waals surface area contributed by atoms with Crippen LogP contribution in [0.3, 0.4) is 0 Å². The van der Waals surface area contributed by atoms with Crippen LogP contribution in [0.5, 0.6) is 0 Å². The number of carbonyl (C=O) groups excluding carboxylic acids is 1. The molecule has 0 atom stereocenters. The van der Waals surface area contributed by atoms with Gasteiger partial charge in [-0.3, -0.25) is 4.79 Å². The van der Waals surface area contributed by atoms with E-state index in [0.29, 0.717) is 0 Å². The Hall–Kier alpha value is -1.35. The number of carbonyl (C=O) groups is 1. The molecule has 0 saturated carbocycles. The van der Waals surface area contributed by atoms with Gasteiger partial charge in [0.25, 0.3) is 5.91 Å². The van der Waals surface area contributed by atoms with E-state index in [1.54, 1.807) is 0 Å². The van der Waals surface area contributed by atoms with Crippen LogP contribution in [-0.4, -0.2) is 42.9 Å². The normalized spacial score (nSPS) is 14.7. The highest BCUT2D eigenvalue weighted by atomic mass is 16.2. The molecule has 0 saturated heterocycles. The van der Waals surface area contributed by atoms with Crippen LogP contribution in [0, 0.1) is 0 Å². The minimum atomic E-state index is 0.189. The van der Waals surface area contributed by atoms with Crippen LogP contribution in [-0.2, 0) is 6.54 Å². The van der Waals surface area contributed by atoms with E-state index in [0.717, 1.165) is 37.2 Å². The molecule has 0 fully saturated rings. The summed E-state index contributed by atoms with van der Waals surface area (Å²) in [7, 11) is 4.11. The van der Waals surface area contributed by atoms with Crippen molar-refractivity contribution in [2.45, 2.75) is 13.0 Å². The van der Waals surface area contributed by atoms with Crippen LogP contribution in [0.15, 0.2) is 24.3 Å². The van der Waals surface area contributed by atoms with Gasteiger partial charge in [-0.15, -0.1) is 0 Å². The van der Waals surface area contributed by atoms with Gasteiger partial charge in [-0.2, -0.15) is 0 Å². The zero-order valence-electron chi connectivity index (χ0n) is 9.94. The molecule has 1 aromatic carbocycles. The lowest BCUT2D eigenvalue weighted by atomic mass is 10.1. The van der Waals surface area contributed by atoms with E-state index >= 15 is 0 Å². The molecule has 1 aliphatic heterocycles. The number of hydrogen-bond acceptors (Lipinski definition) is 2. The fraction of sp³-hybridized carbons (Fsp3) is 0.462. The number of hydrogen-bond donors (Lipinski definition) is 0. The maximum Gasteiger partial charge on any atom is 0.254 e. The molecule has 0 radical (unpaired) electrons. The molecular formula is C13H18N2O. The second-order valence-corrected chi connectivity index (χ2v) is 4.54. The van der Waals surface area contributed by atoms with E-state index in [1.165, 1.54) is 0 Å². The van der Waals surface area contributed by atoms with Crippen molar-refractivity contribution < 1.29 is 4.79 Å². The van der Waals surface area contributed by atoms with Crippen molar-refractivity contribution in [3.05, 3.63) is 35.4 Å². The lowest BCUT2D eigenvalue weighted by Gasteiger charge is -2.17. The summed E-state index contributed by atoms with van der Waals surface area (Å²) in [6, 6.07) is 7.89. The van der Waals surface area contributed by atoms with Gasteiger partial charge in [0.2, 0.25) is 0 Å². The van der Waals surface area contributed by atoms with Crippen LogP contribution < -0.4 is 0 Å². The molecule has 16 heavy (non-hydrogen) atoms. The number of benzene rings is 1. The molecular weight excluding hydrogens is 200 g/mol. The molecule has 3 heteroatoms. The highest BCUT2D eigenvalue weighted by Crippen LogP contribution is 2.22. The third-order valence-electron chi connectivity index (χ3n) is 2.93. The smallest absolute Gasteiger partial charge is 0.254 e. The number of fused-ring (bicyclic) bond motifs is 1. The fourth-order valence-corrected chi connectivity index (χ4v) is 2.07. The Morgan fingerprint density at radius 1 is 1.31 bits per heavy atom. The van der Waals surface area contributed by atoms with Gasteiger partial charge in [0, 0.05) is 18.7 Å². The largest absolute Gasteiger partial charge is 0.334 e. The van der Waals surface area contributed by atoms with Crippen molar-refractivity contribution in [1.29, 1.82) is 0 Å². The van der Waals surface area contributed by atoms with Gasteiger partial charge >= 0.3 is 0 Å². The zero-order valence-corrected chi connectivity index (χ0v) is 9.94. The van der Waals surface area contributed by atoms with E-state index in [9.17, 15) is 4.79 Å². The summed E-state index contributed by atoms with van der Waals surface area (Å²) in [5, 5.41) is 0. The summed E-state index contributed by atoms with van der Waals surface area (Å²) in [5.74, 6) is 0.189. The second-order valence-electron chi connectivity index (χ2n) is 4.54. The number of nitrogens with zero attached hydrogens (tertiary/aromatic N) is 2. The summed E-state index contributed by atoms with van der Waals surface area (Å²) >= 11 is 0. The summed E-state index contributed by atoms with van der Waals surface area (Å²) < 4.78 is 0. The predicted molar refractivity (Wildman–Crippen MR) is 64.4 cm³/mol. The van der Waals surface area contributed by atoms with Crippen LogP contribution in [0.25, 0.3) is 0 Å². The molecule has 86 valence electrons. The Morgan fingerprint density at radius 3 is 2.75 bits per heavy atom. The Morgan fingerprint density at radius 2 is 2.06 bits per heavy atom. The third kappa shape index (κ3) is 2.25. The lowest BCUT2D eigenvalue weighted by molar-refractivity contribution is 0.0773. The van der Waals surface area contributed by atoms with E-state index < -0.39 is 0 Å². The van der Waals surface area contributed by atoms with E-state index in [-0.39, 0.29) is 5.91 Å². The van der Waals surface area contributed by atoms with Gasteiger partial charge in [0.05, 0.1) is 0 Å². The third-order valence-corrected chi connectivity index (χ3v) is 2.93. The zero-order chi connectivity index (χ0) is 11.5. The van der Waals surface area contributed by atoms with Crippen molar-refractivity contribution in [3.63, 3.8) is 0 Å². The van der Waals surface area contributed by atoms with Crippen LogP contribution in [0.4, 0.5) is 0 Å². The average Bonchev–Trinajstić information content (AvgIpc) is 2.56. The maximum atomic E-state index is 12.0. The quantitative estimate of drug-likeness (QED) is 0.766. The molecule has 0 bridgehead atoms. The Bertz CT molecular complexity index is 387. The summed E-state index contributed by atoms with van der Waals surface area (Å²) in [4.78, 5) is 16.1. The van der Waals surface area contributed by atoms with Gasteiger partial charge in [-0.25, -0.2) is 0 Å². The highest BCUT2D eigenvalue weighted by molar-refractivity contribution is 5.98. The minimum Gasteiger partial charge on any atom is -0.334 e. The average molecular weight is 218 g/mol. The second kappa shape index (κ2) is 4.66. The number of rotatable bonds is 4. The van der Waals surface area contributed by atoms with Crippen LogP contribution >= 0.6 is 0 Å². The lowest BCUT2D eigenvalue weighted by Crippen LogP contribution is -2.27. The molecule has 2 rings (SSSR count).